The molecule has 0 spiro atoms. The van der Waals surface area contributed by atoms with E-state index in [9.17, 15) is 4.79 Å². The van der Waals surface area contributed by atoms with Gasteiger partial charge in [-0.2, -0.15) is 0 Å². The van der Waals surface area contributed by atoms with Crippen molar-refractivity contribution < 1.29 is 4.79 Å². The summed E-state index contributed by atoms with van der Waals surface area (Å²) in [7, 11) is 0. The molecule has 2 heteroatoms. The number of nitrogens with zero attached hydrogens (tertiary/aromatic N) is 1. The molecule has 1 aromatic rings. The molecule has 19 heavy (non-hydrogen) atoms. The fourth-order valence-corrected chi connectivity index (χ4v) is 3.16. The van der Waals surface area contributed by atoms with Crippen LogP contribution in [0.2, 0.25) is 0 Å². The van der Waals surface area contributed by atoms with E-state index in [1.807, 2.05) is 12.1 Å². The molecule has 1 aromatic carbocycles. The van der Waals surface area contributed by atoms with Gasteiger partial charge in [-0.05, 0) is 24.5 Å². The Morgan fingerprint density at radius 1 is 1.16 bits per heavy atom. The van der Waals surface area contributed by atoms with Gasteiger partial charge in [-0.1, -0.05) is 43.2 Å². The fourth-order valence-electron chi connectivity index (χ4n) is 3.16. The quantitative estimate of drug-likeness (QED) is 0.607. The van der Waals surface area contributed by atoms with E-state index < -0.39 is 0 Å². The van der Waals surface area contributed by atoms with Gasteiger partial charge in [0.1, 0.15) is 0 Å². The van der Waals surface area contributed by atoms with E-state index in [1.165, 1.54) is 18.4 Å². The highest BCUT2D eigenvalue weighted by atomic mass is 16.1. The third-order valence-electron chi connectivity index (χ3n) is 4.24. The Hall–Kier alpha value is -1.41. The molecule has 2 aliphatic rings. The van der Waals surface area contributed by atoms with Crippen LogP contribution in [0.5, 0.6) is 0 Å². The summed E-state index contributed by atoms with van der Waals surface area (Å²) in [5.74, 6) is 0.641. The maximum Gasteiger partial charge on any atom is 0.165 e. The van der Waals surface area contributed by atoms with E-state index in [0.29, 0.717) is 5.78 Å². The predicted octanol–water partition coefficient (Wildman–Crippen LogP) is 3.43. The first-order valence-electron chi connectivity index (χ1n) is 7.33. The molecule has 0 unspecified atom stereocenters. The zero-order valence-electron chi connectivity index (χ0n) is 11.3. The van der Waals surface area contributed by atoms with Crippen LogP contribution in [0, 0.1) is 5.92 Å². The zero-order valence-corrected chi connectivity index (χ0v) is 11.3. The summed E-state index contributed by atoms with van der Waals surface area (Å²) in [4.78, 5) is 14.8. The molecule has 1 fully saturated rings. The van der Waals surface area contributed by atoms with Crippen molar-refractivity contribution in [3.63, 3.8) is 0 Å². The van der Waals surface area contributed by atoms with Crippen LogP contribution in [0.3, 0.4) is 0 Å². The maximum absolute atomic E-state index is 12.4. The summed E-state index contributed by atoms with van der Waals surface area (Å²) in [6, 6.07) is 8.23. The summed E-state index contributed by atoms with van der Waals surface area (Å²) in [6.45, 7) is 3.00. The van der Waals surface area contributed by atoms with Gasteiger partial charge >= 0.3 is 0 Å². The fraction of sp³-hybridized carbons (Fsp3) is 0.471. The van der Waals surface area contributed by atoms with Gasteiger partial charge in [0.15, 0.2) is 5.78 Å². The van der Waals surface area contributed by atoms with Crippen molar-refractivity contribution in [1.29, 1.82) is 0 Å². The lowest BCUT2D eigenvalue weighted by atomic mass is 9.95. The third-order valence-corrected chi connectivity index (χ3v) is 4.24. The van der Waals surface area contributed by atoms with Gasteiger partial charge in [-0.25, -0.2) is 0 Å². The van der Waals surface area contributed by atoms with E-state index in [-0.39, 0.29) is 5.92 Å². The number of rotatable bonds is 4. The highest BCUT2D eigenvalue weighted by molar-refractivity contribution is 5.98. The molecule has 1 aliphatic heterocycles. The Morgan fingerprint density at radius 2 is 1.89 bits per heavy atom. The molecule has 0 amide bonds. The Morgan fingerprint density at radius 3 is 2.63 bits per heavy atom. The second-order valence-corrected chi connectivity index (χ2v) is 5.71. The summed E-state index contributed by atoms with van der Waals surface area (Å²) >= 11 is 0. The van der Waals surface area contributed by atoms with E-state index in [0.717, 1.165) is 38.0 Å². The minimum atomic E-state index is 0.281. The van der Waals surface area contributed by atoms with Gasteiger partial charge in [0.2, 0.25) is 0 Å². The van der Waals surface area contributed by atoms with Gasteiger partial charge in [0.05, 0.1) is 0 Å². The molecule has 2 nitrogen and oxygen atoms in total. The number of carbonyl (C=O) groups is 1. The number of hydrogen-bond donors (Lipinski definition) is 0. The molecule has 1 aliphatic carbocycles. The summed E-state index contributed by atoms with van der Waals surface area (Å²) < 4.78 is 0. The van der Waals surface area contributed by atoms with Crippen molar-refractivity contribution in [3.8, 4) is 0 Å². The second kappa shape index (κ2) is 5.70. The van der Waals surface area contributed by atoms with E-state index in [4.69, 9.17) is 0 Å². The number of Topliss-reactive ketones (excluding diaryl/α,β-unsaturated/α-hetero) is 1. The van der Waals surface area contributed by atoms with Crippen LogP contribution in [-0.4, -0.2) is 23.8 Å². The third kappa shape index (κ3) is 2.95. The Bertz CT molecular complexity index is 478. The van der Waals surface area contributed by atoms with Gasteiger partial charge in [-0.3, -0.25) is 9.69 Å². The molecule has 0 bridgehead atoms. The first kappa shape index (κ1) is 12.6. The van der Waals surface area contributed by atoms with Crippen molar-refractivity contribution in [3.05, 3.63) is 47.5 Å². The topological polar surface area (TPSA) is 20.3 Å². The molecule has 0 aromatic heterocycles. The molecule has 100 valence electrons. The first-order valence-corrected chi connectivity index (χ1v) is 7.33. The largest absolute Gasteiger partial charge is 0.294 e. The Labute approximate surface area is 115 Å². The smallest absolute Gasteiger partial charge is 0.165 e. The zero-order chi connectivity index (χ0) is 13.1. The van der Waals surface area contributed by atoms with Crippen molar-refractivity contribution >= 4 is 5.78 Å². The summed E-state index contributed by atoms with van der Waals surface area (Å²) in [5.41, 5.74) is 2.17. The molecular weight excluding hydrogens is 234 g/mol. The molecule has 0 atom stereocenters. The summed E-state index contributed by atoms with van der Waals surface area (Å²) in [6.07, 6.45) is 9.00. The standard InChI is InChI=1S/C17H21NO/c19-17(15-7-1-2-8-15)16-9-5-6-14(12-16)13-18-10-3-4-11-18/h3-6,9,12,15H,1-2,7-8,10-11,13H2. The van der Waals surface area contributed by atoms with Gasteiger partial charge in [0.25, 0.3) is 0 Å². The second-order valence-electron chi connectivity index (χ2n) is 5.71. The van der Waals surface area contributed by atoms with Crippen molar-refractivity contribution in [2.24, 2.45) is 5.92 Å². The van der Waals surface area contributed by atoms with E-state index in [1.54, 1.807) is 0 Å². The van der Waals surface area contributed by atoms with Crippen molar-refractivity contribution in [2.75, 3.05) is 13.1 Å². The molecule has 0 saturated heterocycles. The number of hydrogen-bond acceptors (Lipinski definition) is 2. The lowest BCUT2D eigenvalue weighted by Gasteiger charge is -2.15. The highest BCUT2D eigenvalue weighted by Crippen LogP contribution is 2.28. The number of ketones is 1. The van der Waals surface area contributed by atoms with Crippen LogP contribution in [0.1, 0.15) is 41.6 Å². The monoisotopic (exact) mass is 255 g/mol. The average Bonchev–Trinajstić information content (AvgIpc) is 3.11. The van der Waals surface area contributed by atoms with Gasteiger partial charge < -0.3 is 0 Å². The van der Waals surface area contributed by atoms with Crippen LogP contribution in [0.15, 0.2) is 36.4 Å². The van der Waals surface area contributed by atoms with Crippen molar-refractivity contribution in [2.45, 2.75) is 32.2 Å². The van der Waals surface area contributed by atoms with Gasteiger partial charge in [-0.15, -0.1) is 0 Å². The van der Waals surface area contributed by atoms with Crippen LogP contribution in [0.25, 0.3) is 0 Å². The molecule has 1 heterocycles. The van der Waals surface area contributed by atoms with Gasteiger partial charge in [0, 0.05) is 31.1 Å². The normalized spacial score (nSPS) is 20.2. The minimum Gasteiger partial charge on any atom is -0.294 e. The molecular formula is C17H21NO. The lowest BCUT2D eigenvalue weighted by Crippen LogP contribution is -2.19. The van der Waals surface area contributed by atoms with E-state index in [2.05, 4.69) is 29.2 Å². The molecule has 3 rings (SSSR count). The average molecular weight is 255 g/mol. The highest BCUT2D eigenvalue weighted by Gasteiger charge is 2.23. The first-order chi connectivity index (χ1) is 9.33. The minimum absolute atomic E-state index is 0.281. The number of carbonyl (C=O) groups excluding carboxylic acids is 1. The molecule has 0 radical (unpaired) electrons. The predicted molar refractivity (Wildman–Crippen MR) is 77.1 cm³/mol. The Balaban J connectivity index is 1.69. The SMILES string of the molecule is O=C(c1cccc(CN2CC=CC2)c1)C1CCCC1. The lowest BCUT2D eigenvalue weighted by molar-refractivity contribution is 0.0922. The van der Waals surface area contributed by atoms with Crippen LogP contribution in [0.4, 0.5) is 0 Å². The van der Waals surface area contributed by atoms with E-state index >= 15 is 0 Å². The van der Waals surface area contributed by atoms with Crippen LogP contribution >= 0.6 is 0 Å². The van der Waals surface area contributed by atoms with Crippen LogP contribution in [-0.2, 0) is 6.54 Å². The summed E-state index contributed by atoms with van der Waals surface area (Å²) in [5, 5.41) is 0. The molecule has 1 saturated carbocycles. The number of benzene rings is 1. The van der Waals surface area contributed by atoms with Crippen molar-refractivity contribution in [1.82, 2.24) is 4.90 Å². The van der Waals surface area contributed by atoms with Crippen LogP contribution < -0.4 is 0 Å². The molecule has 0 N–H and O–H groups in total. The maximum atomic E-state index is 12.4. The Kier molecular flexibility index (Phi) is 3.79.